The molecule has 5 rings (SSSR count). The monoisotopic (exact) mass is 399 g/mol. The van der Waals surface area contributed by atoms with Gasteiger partial charge < -0.3 is 9.88 Å². The summed E-state index contributed by atoms with van der Waals surface area (Å²) in [6, 6.07) is 19.0. The fourth-order valence-corrected chi connectivity index (χ4v) is 4.41. The van der Waals surface area contributed by atoms with Crippen molar-refractivity contribution in [3.63, 3.8) is 0 Å². The number of hydrogen-bond acceptors (Lipinski definition) is 5. The highest BCUT2D eigenvalue weighted by atomic mass is 32.1. The molecule has 5 aromatic rings. The molecule has 0 bridgehead atoms. The van der Waals surface area contributed by atoms with E-state index in [1.807, 2.05) is 24.5 Å². The van der Waals surface area contributed by atoms with E-state index < -0.39 is 0 Å². The third-order valence-electron chi connectivity index (χ3n) is 5.00. The number of nitrogens with zero attached hydrogens (tertiary/aromatic N) is 4. The number of fused-ring (bicyclic) bond motifs is 2. The SMILES string of the molecule is CC(C)n1cnc2c(NCc3ccccc3)nc(-c3csc4ccccc34)nc21. The van der Waals surface area contributed by atoms with Crippen molar-refractivity contribution in [3.05, 3.63) is 71.9 Å². The Morgan fingerprint density at radius 1 is 1.00 bits per heavy atom. The van der Waals surface area contributed by atoms with Gasteiger partial charge in [0.25, 0.3) is 0 Å². The number of benzene rings is 2. The Hall–Kier alpha value is -3.25. The zero-order valence-corrected chi connectivity index (χ0v) is 17.1. The molecule has 1 N–H and O–H groups in total. The molecule has 0 aliphatic heterocycles. The second-order valence-electron chi connectivity index (χ2n) is 7.30. The number of thiophene rings is 1. The van der Waals surface area contributed by atoms with Crippen LogP contribution in [0.25, 0.3) is 32.6 Å². The maximum absolute atomic E-state index is 4.92. The number of rotatable bonds is 5. The van der Waals surface area contributed by atoms with E-state index >= 15 is 0 Å². The van der Waals surface area contributed by atoms with E-state index in [2.05, 4.69) is 70.5 Å². The Labute approximate surface area is 173 Å². The van der Waals surface area contributed by atoms with Crippen molar-refractivity contribution in [2.45, 2.75) is 26.4 Å². The molecule has 3 aromatic heterocycles. The molecule has 144 valence electrons. The topological polar surface area (TPSA) is 55.6 Å². The fourth-order valence-electron chi connectivity index (χ4n) is 3.47. The van der Waals surface area contributed by atoms with Crippen molar-refractivity contribution in [3.8, 4) is 11.4 Å². The van der Waals surface area contributed by atoms with Crippen molar-refractivity contribution < 1.29 is 0 Å². The maximum atomic E-state index is 4.92. The van der Waals surface area contributed by atoms with Gasteiger partial charge in [-0.05, 0) is 25.5 Å². The van der Waals surface area contributed by atoms with Crippen LogP contribution in [0.4, 0.5) is 5.82 Å². The number of nitrogens with one attached hydrogen (secondary N) is 1. The highest BCUT2D eigenvalue weighted by Crippen LogP contribution is 2.34. The fraction of sp³-hybridized carbons (Fsp3) is 0.174. The highest BCUT2D eigenvalue weighted by molar-refractivity contribution is 7.17. The lowest BCUT2D eigenvalue weighted by Crippen LogP contribution is -2.06. The molecular formula is C23H21N5S. The van der Waals surface area contributed by atoms with Crippen LogP contribution in [0.5, 0.6) is 0 Å². The zero-order valence-electron chi connectivity index (χ0n) is 16.3. The van der Waals surface area contributed by atoms with Crippen LogP contribution in [-0.4, -0.2) is 19.5 Å². The minimum Gasteiger partial charge on any atom is -0.364 e. The summed E-state index contributed by atoms with van der Waals surface area (Å²) in [5, 5.41) is 6.81. The number of hydrogen-bond donors (Lipinski definition) is 1. The quantitative estimate of drug-likeness (QED) is 0.400. The predicted octanol–water partition coefficient (Wildman–Crippen LogP) is 5.90. The van der Waals surface area contributed by atoms with Crippen LogP contribution in [0.3, 0.4) is 0 Å². The Morgan fingerprint density at radius 3 is 2.62 bits per heavy atom. The molecule has 29 heavy (non-hydrogen) atoms. The van der Waals surface area contributed by atoms with Crippen LogP contribution < -0.4 is 5.32 Å². The molecule has 0 spiro atoms. The van der Waals surface area contributed by atoms with Crippen molar-refractivity contribution in [1.29, 1.82) is 0 Å². The molecule has 0 amide bonds. The highest BCUT2D eigenvalue weighted by Gasteiger charge is 2.17. The standard InChI is InChI=1S/C23H21N5S/c1-15(2)28-14-25-20-22(24-12-16-8-4-3-5-9-16)26-21(27-23(20)28)18-13-29-19-11-7-6-10-17(18)19/h3-11,13-15H,12H2,1-2H3,(H,24,26,27). The molecule has 0 radical (unpaired) electrons. The third kappa shape index (κ3) is 3.25. The van der Waals surface area contributed by atoms with Crippen molar-refractivity contribution >= 4 is 38.4 Å². The van der Waals surface area contributed by atoms with Gasteiger partial charge in [0.1, 0.15) is 5.52 Å². The second kappa shape index (κ2) is 7.29. The summed E-state index contributed by atoms with van der Waals surface area (Å²) in [5.41, 5.74) is 3.92. The summed E-state index contributed by atoms with van der Waals surface area (Å²) in [7, 11) is 0. The molecular weight excluding hydrogens is 378 g/mol. The average Bonchev–Trinajstić information content (AvgIpc) is 3.37. The second-order valence-corrected chi connectivity index (χ2v) is 8.21. The molecule has 5 nitrogen and oxygen atoms in total. The molecule has 0 aliphatic carbocycles. The molecule has 0 fully saturated rings. The molecule has 0 saturated heterocycles. The Morgan fingerprint density at radius 2 is 1.79 bits per heavy atom. The summed E-state index contributed by atoms with van der Waals surface area (Å²) >= 11 is 1.72. The van der Waals surface area contributed by atoms with Crippen LogP contribution in [0.2, 0.25) is 0 Å². The summed E-state index contributed by atoms with van der Waals surface area (Å²) < 4.78 is 3.34. The van der Waals surface area contributed by atoms with Crippen LogP contribution in [0.15, 0.2) is 66.3 Å². The first-order valence-corrected chi connectivity index (χ1v) is 10.6. The minimum absolute atomic E-state index is 0.268. The summed E-state index contributed by atoms with van der Waals surface area (Å²) in [4.78, 5) is 14.4. The Bertz CT molecular complexity index is 1290. The van der Waals surface area contributed by atoms with Gasteiger partial charge in [0.05, 0.1) is 6.33 Å². The Kier molecular flexibility index (Phi) is 4.48. The van der Waals surface area contributed by atoms with Gasteiger partial charge in [-0.2, -0.15) is 0 Å². The zero-order chi connectivity index (χ0) is 19.8. The smallest absolute Gasteiger partial charge is 0.166 e. The van der Waals surface area contributed by atoms with Gasteiger partial charge in [0.2, 0.25) is 0 Å². The first-order chi connectivity index (χ1) is 14.2. The summed E-state index contributed by atoms with van der Waals surface area (Å²) in [6.07, 6.45) is 1.85. The van der Waals surface area contributed by atoms with Gasteiger partial charge in [-0.25, -0.2) is 15.0 Å². The summed E-state index contributed by atoms with van der Waals surface area (Å²) in [6.45, 7) is 4.96. The summed E-state index contributed by atoms with van der Waals surface area (Å²) in [5.74, 6) is 1.50. The molecule has 6 heteroatoms. The Balaban J connectivity index is 1.65. The van der Waals surface area contributed by atoms with Gasteiger partial charge in [-0.15, -0.1) is 11.3 Å². The van der Waals surface area contributed by atoms with E-state index in [1.165, 1.54) is 15.6 Å². The minimum atomic E-state index is 0.268. The lowest BCUT2D eigenvalue weighted by atomic mass is 10.1. The van der Waals surface area contributed by atoms with Gasteiger partial charge in [0, 0.05) is 33.6 Å². The van der Waals surface area contributed by atoms with Gasteiger partial charge in [-0.3, -0.25) is 0 Å². The van der Waals surface area contributed by atoms with Crippen LogP contribution in [0, 0.1) is 0 Å². The first kappa shape index (κ1) is 17.8. The number of aromatic nitrogens is 4. The third-order valence-corrected chi connectivity index (χ3v) is 5.97. The largest absolute Gasteiger partial charge is 0.364 e. The molecule has 0 saturated carbocycles. The van der Waals surface area contributed by atoms with Gasteiger partial charge in [0.15, 0.2) is 17.3 Å². The molecule has 0 aliphatic rings. The average molecular weight is 400 g/mol. The number of imidazole rings is 1. The first-order valence-electron chi connectivity index (χ1n) is 9.69. The van der Waals surface area contributed by atoms with Crippen molar-refractivity contribution in [2.75, 3.05) is 5.32 Å². The normalized spacial score (nSPS) is 11.6. The van der Waals surface area contributed by atoms with E-state index in [4.69, 9.17) is 9.97 Å². The van der Waals surface area contributed by atoms with E-state index in [1.54, 1.807) is 11.3 Å². The van der Waals surface area contributed by atoms with Gasteiger partial charge >= 0.3 is 0 Å². The van der Waals surface area contributed by atoms with E-state index in [9.17, 15) is 0 Å². The molecule has 0 unspecified atom stereocenters. The predicted molar refractivity (Wildman–Crippen MR) is 120 cm³/mol. The van der Waals surface area contributed by atoms with Crippen molar-refractivity contribution in [2.24, 2.45) is 0 Å². The number of anilines is 1. The van der Waals surface area contributed by atoms with Crippen molar-refractivity contribution in [1.82, 2.24) is 19.5 Å². The molecule has 2 aromatic carbocycles. The van der Waals surface area contributed by atoms with Gasteiger partial charge in [-0.1, -0.05) is 48.5 Å². The lowest BCUT2D eigenvalue weighted by molar-refractivity contribution is 0.613. The maximum Gasteiger partial charge on any atom is 0.166 e. The van der Waals surface area contributed by atoms with Crippen LogP contribution in [0.1, 0.15) is 25.5 Å². The molecule has 0 atom stereocenters. The van der Waals surface area contributed by atoms with E-state index in [0.717, 1.165) is 28.4 Å². The van der Waals surface area contributed by atoms with Crippen LogP contribution >= 0.6 is 11.3 Å². The van der Waals surface area contributed by atoms with Crippen LogP contribution in [-0.2, 0) is 6.54 Å². The molecule has 3 heterocycles. The lowest BCUT2D eigenvalue weighted by Gasteiger charge is -2.11. The van der Waals surface area contributed by atoms with E-state index in [-0.39, 0.29) is 6.04 Å². The van der Waals surface area contributed by atoms with E-state index in [0.29, 0.717) is 6.54 Å².